The average Bonchev–Trinajstić information content (AvgIpc) is 3.41. The Morgan fingerprint density at radius 2 is 1.84 bits per heavy atom. The second-order valence-corrected chi connectivity index (χ2v) is 8.47. The molecule has 0 unspecified atom stereocenters. The first-order valence-corrected chi connectivity index (χ1v) is 10.7. The molecule has 2 aliphatic rings. The lowest BCUT2D eigenvalue weighted by atomic mass is 9.95. The molecule has 3 heterocycles. The summed E-state index contributed by atoms with van der Waals surface area (Å²) >= 11 is 0. The monoisotopic (exact) mass is 426 g/mol. The first-order chi connectivity index (χ1) is 14.9. The maximum Gasteiger partial charge on any atom is 0.257 e. The number of nitrogens with zero attached hydrogens (tertiary/aromatic N) is 5. The summed E-state index contributed by atoms with van der Waals surface area (Å²) in [5.74, 6) is 1.13. The Bertz CT molecular complexity index is 1140. The zero-order valence-electron chi connectivity index (χ0n) is 17.5. The van der Waals surface area contributed by atoms with Gasteiger partial charge >= 0.3 is 0 Å². The van der Waals surface area contributed by atoms with E-state index in [0.717, 1.165) is 30.6 Å². The van der Waals surface area contributed by atoms with E-state index in [0.29, 0.717) is 36.0 Å². The van der Waals surface area contributed by atoms with E-state index in [4.69, 9.17) is 0 Å². The highest BCUT2D eigenvalue weighted by Crippen LogP contribution is 2.38. The summed E-state index contributed by atoms with van der Waals surface area (Å²) in [6.07, 6.45) is 3.95. The van der Waals surface area contributed by atoms with Crippen LogP contribution in [0.2, 0.25) is 0 Å². The van der Waals surface area contributed by atoms with Crippen molar-refractivity contribution >= 4 is 5.91 Å². The predicted molar refractivity (Wildman–Crippen MR) is 109 cm³/mol. The minimum absolute atomic E-state index is 0.113. The summed E-state index contributed by atoms with van der Waals surface area (Å²) < 4.78 is 28.9. The summed E-state index contributed by atoms with van der Waals surface area (Å²) in [4.78, 5) is 19.7. The van der Waals surface area contributed by atoms with E-state index in [1.165, 1.54) is 29.7 Å². The number of halogens is 2. The highest BCUT2D eigenvalue weighted by atomic mass is 19.1. The molecule has 1 amide bonds. The number of aromatic amines is 1. The fourth-order valence-electron chi connectivity index (χ4n) is 4.35. The van der Waals surface area contributed by atoms with E-state index < -0.39 is 11.6 Å². The van der Waals surface area contributed by atoms with Gasteiger partial charge in [-0.15, -0.1) is 0 Å². The van der Waals surface area contributed by atoms with Gasteiger partial charge in [-0.25, -0.2) is 18.4 Å². The van der Waals surface area contributed by atoms with Crippen molar-refractivity contribution in [2.75, 3.05) is 13.1 Å². The SMILES string of the molecule is Cc1nn(-c2ccc(F)cc2F)c(C)c1C(=O)N1CCC(c2nc(C3CC3)n[nH]2)CC1. The van der Waals surface area contributed by atoms with Crippen molar-refractivity contribution in [2.45, 2.75) is 51.4 Å². The molecule has 162 valence electrons. The Morgan fingerprint density at radius 1 is 1.10 bits per heavy atom. The van der Waals surface area contributed by atoms with Crippen molar-refractivity contribution in [2.24, 2.45) is 0 Å². The molecule has 0 bridgehead atoms. The highest BCUT2D eigenvalue weighted by molar-refractivity contribution is 5.96. The van der Waals surface area contributed by atoms with Crippen LogP contribution in [0.4, 0.5) is 8.78 Å². The number of rotatable bonds is 4. The predicted octanol–water partition coefficient (Wildman–Crippen LogP) is 3.78. The van der Waals surface area contributed by atoms with Gasteiger partial charge in [-0.2, -0.15) is 10.2 Å². The third-order valence-corrected chi connectivity index (χ3v) is 6.27. The van der Waals surface area contributed by atoms with Gasteiger partial charge in [-0.3, -0.25) is 9.89 Å². The largest absolute Gasteiger partial charge is 0.338 e. The van der Waals surface area contributed by atoms with Gasteiger partial charge in [0.1, 0.15) is 17.3 Å². The first kappa shape index (κ1) is 19.8. The normalized spacial score (nSPS) is 17.4. The number of benzene rings is 1. The Balaban J connectivity index is 1.32. The quantitative estimate of drug-likeness (QED) is 0.689. The van der Waals surface area contributed by atoms with Gasteiger partial charge in [0.25, 0.3) is 5.91 Å². The lowest BCUT2D eigenvalue weighted by Gasteiger charge is -2.31. The zero-order chi connectivity index (χ0) is 21.7. The molecule has 2 fully saturated rings. The molecule has 31 heavy (non-hydrogen) atoms. The lowest BCUT2D eigenvalue weighted by Crippen LogP contribution is -2.38. The van der Waals surface area contributed by atoms with Crippen LogP contribution < -0.4 is 0 Å². The van der Waals surface area contributed by atoms with Crippen molar-refractivity contribution in [3.05, 3.63) is 58.4 Å². The number of likely N-dealkylation sites (tertiary alicyclic amines) is 1. The zero-order valence-corrected chi connectivity index (χ0v) is 17.5. The Morgan fingerprint density at radius 3 is 2.52 bits per heavy atom. The second-order valence-electron chi connectivity index (χ2n) is 8.47. The number of amides is 1. The summed E-state index contributed by atoms with van der Waals surface area (Å²) in [6, 6.07) is 3.33. The number of piperidine rings is 1. The molecule has 5 rings (SSSR count). The number of hydrogen-bond acceptors (Lipinski definition) is 4. The van der Waals surface area contributed by atoms with E-state index in [1.807, 2.05) is 4.90 Å². The van der Waals surface area contributed by atoms with Crippen molar-refractivity contribution in [1.82, 2.24) is 29.9 Å². The number of H-pyrrole nitrogens is 1. The molecule has 1 aromatic carbocycles. The van der Waals surface area contributed by atoms with Crippen molar-refractivity contribution in [1.29, 1.82) is 0 Å². The van der Waals surface area contributed by atoms with Crippen LogP contribution in [0, 0.1) is 25.5 Å². The van der Waals surface area contributed by atoms with E-state index in [9.17, 15) is 13.6 Å². The molecule has 0 spiro atoms. The molecule has 1 aliphatic heterocycles. The maximum atomic E-state index is 14.3. The number of aromatic nitrogens is 5. The van der Waals surface area contributed by atoms with Crippen LogP contribution in [-0.4, -0.2) is 48.9 Å². The van der Waals surface area contributed by atoms with Crippen LogP contribution in [-0.2, 0) is 0 Å². The molecule has 0 atom stereocenters. The molecule has 3 aromatic rings. The number of nitrogens with one attached hydrogen (secondary N) is 1. The van der Waals surface area contributed by atoms with Crippen molar-refractivity contribution in [3.8, 4) is 5.69 Å². The molecule has 2 aromatic heterocycles. The Kier molecular flexibility index (Phi) is 4.83. The minimum Gasteiger partial charge on any atom is -0.338 e. The molecule has 1 N–H and O–H groups in total. The third kappa shape index (κ3) is 3.62. The van der Waals surface area contributed by atoms with E-state index >= 15 is 0 Å². The molecule has 1 saturated heterocycles. The highest BCUT2D eigenvalue weighted by Gasteiger charge is 2.32. The fourth-order valence-corrected chi connectivity index (χ4v) is 4.35. The van der Waals surface area contributed by atoms with Gasteiger partial charge in [-0.05, 0) is 51.7 Å². The van der Waals surface area contributed by atoms with Crippen LogP contribution in [0.15, 0.2) is 18.2 Å². The summed E-state index contributed by atoms with van der Waals surface area (Å²) in [6.45, 7) is 4.69. The maximum absolute atomic E-state index is 14.3. The summed E-state index contributed by atoms with van der Waals surface area (Å²) in [7, 11) is 0. The molecule has 9 heteroatoms. The van der Waals surface area contributed by atoms with Gasteiger partial charge in [0.05, 0.1) is 17.0 Å². The van der Waals surface area contributed by atoms with Crippen molar-refractivity contribution in [3.63, 3.8) is 0 Å². The minimum atomic E-state index is -0.719. The lowest BCUT2D eigenvalue weighted by molar-refractivity contribution is 0.0709. The summed E-state index contributed by atoms with van der Waals surface area (Å²) in [5.41, 5.74) is 1.66. The van der Waals surface area contributed by atoms with Crippen LogP contribution >= 0.6 is 0 Å². The summed E-state index contributed by atoms with van der Waals surface area (Å²) in [5, 5.41) is 11.8. The second kappa shape index (κ2) is 7.55. The third-order valence-electron chi connectivity index (χ3n) is 6.27. The molecular weight excluding hydrogens is 402 g/mol. The van der Waals surface area contributed by atoms with Gasteiger partial charge in [0.2, 0.25) is 0 Å². The van der Waals surface area contributed by atoms with Crippen LogP contribution in [0.25, 0.3) is 5.69 Å². The van der Waals surface area contributed by atoms with Gasteiger partial charge in [0.15, 0.2) is 11.6 Å². The Labute approximate surface area is 178 Å². The molecule has 0 radical (unpaired) electrons. The number of carbonyl (C=O) groups is 1. The van der Waals surface area contributed by atoms with E-state index in [-0.39, 0.29) is 17.5 Å². The van der Waals surface area contributed by atoms with E-state index in [2.05, 4.69) is 20.3 Å². The Hall–Kier alpha value is -3.10. The molecule has 7 nitrogen and oxygen atoms in total. The first-order valence-electron chi connectivity index (χ1n) is 10.7. The number of carbonyl (C=O) groups excluding carboxylic acids is 1. The number of aryl methyl sites for hydroxylation is 1. The molecular formula is C22H24F2N6O. The van der Waals surface area contributed by atoms with Crippen LogP contribution in [0.5, 0.6) is 0 Å². The van der Waals surface area contributed by atoms with Gasteiger partial charge in [0, 0.05) is 31.0 Å². The fraction of sp³-hybridized carbons (Fsp3) is 0.455. The van der Waals surface area contributed by atoms with Gasteiger partial charge < -0.3 is 4.90 Å². The molecule has 1 saturated carbocycles. The average molecular weight is 426 g/mol. The smallest absolute Gasteiger partial charge is 0.257 e. The van der Waals surface area contributed by atoms with E-state index in [1.54, 1.807) is 13.8 Å². The van der Waals surface area contributed by atoms with Crippen LogP contribution in [0.1, 0.15) is 70.9 Å². The standard InChI is InChI=1S/C22H24F2N6O/c1-12-19(13(2)30(28-12)18-6-5-16(23)11-17(18)24)22(31)29-9-7-15(8-10-29)21-25-20(26-27-21)14-3-4-14/h5-6,11,14-15H,3-4,7-10H2,1-2H3,(H,25,26,27). The van der Waals surface area contributed by atoms with Crippen LogP contribution in [0.3, 0.4) is 0 Å². The van der Waals surface area contributed by atoms with Gasteiger partial charge in [-0.1, -0.05) is 0 Å². The molecule has 1 aliphatic carbocycles. The van der Waals surface area contributed by atoms with Crippen molar-refractivity contribution < 1.29 is 13.6 Å². The topological polar surface area (TPSA) is 79.7 Å². The number of hydrogen-bond donors (Lipinski definition) is 1.